The van der Waals surface area contributed by atoms with Gasteiger partial charge in [0.1, 0.15) is 5.75 Å². The number of rotatable bonds is 6. The van der Waals surface area contributed by atoms with Crippen LogP contribution in [-0.2, 0) is 9.59 Å². The summed E-state index contributed by atoms with van der Waals surface area (Å²) in [5.74, 6) is -0.535. The maximum atomic E-state index is 12.4. The maximum absolute atomic E-state index is 12.4. The van der Waals surface area contributed by atoms with Crippen LogP contribution in [0.15, 0.2) is 48.5 Å². The summed E-state index contributed by atoms with van der Waals surface area (Å²) in [6.07, 6.45) is 0.823. The van der Waals surface area contributed by atoms with E-state index in [4.69, 9.17) is 9.84 Å². The number of carboxylic acids is 1. The molecule has 2 aromatic rings. The molecule has 0 heterocycles. The van der Waals surface area contributed by atoms with E-state index >= 15 is 0 Å². The standard InChI is InChI=1S/C20H21NO4/c1-12(20(23)24)14-4-3-5-15(10-14)21-19(22)18-11-17(18)13-6-8-16(25-2)9-7-13/h3-10,12,17-18H,11H2,1-2H3,(H,21,22)(H,23,24)/t12?,17-,18+/m0/s1. The zero-order valence-corrected chi connectivity index (χ0v) is 14.2. The molecule has 0 saturated heterocycles. The number of carbonyl (C=O) groups excluding carboxylic acids is 1. The molecule has 1 aliphatic carbocycles. The third-order valence-electron chi connectivity index (χ3n) is 4.70. The van der Waals surface area contributed by atoms with Crippen LogP contribution in [0.3, 0.4) is 0 Å². The van der Waals surface area contributed by atoms with Crippen LogP contribution in [0.25, 0.3) is 0 Å². The van der Waals surface area contributed by atoms with Gasteiger partial charge in [-0.2, -0.15) is 0 Å². The van der Waals surface area contributed by atoms with Gasteiger partial charge in [0.2, 0.25) is 5.91 Å². The van der Waals surface area contributed by atoms with Gasteiger partial charge in [-0.15, -0.1) is 0 Å². The quantitative estimate of drug-likeness (QED) is 0.843. The molecule has 1 aliphatic rings. The van der Waals surface area contributed by atoms with Crippen LogP contribution >= 0.6 is 0 Å². The number of methoxy groups -OCH3 is 1. The number of amides is 1. The lowest BCUT2D eigenvalue weighted by Gasteiger charge is -2.10. The number of benzene rings is 2. The van der Waals surface area contributed by atoms with Crippen LogP contribution in [0.4, 0.5) is 5.69 Å². The van der Waals surface area contributed by atoms with E-state index in [1.54, 1.807) is 38.3 Å². The smallest absolute Gasteiger partial charge is 0.310 e. The number of hydrogen-bond acceptors (Lipinski definition) is 3. The summed E-state index contributed by atoms with van der Waals surface area (Å²) >= 11 is 0. The Balaban J connectivity index is 1.63. The second kappa shape index (κ2) is 6.97. The first-order chi connectivity index (χ1) is 12.0. The number of hydrogen-bond donors (Lipinski definition) is 2. The highest BCUT2D eigenvalue weighted by atomic mass is 16.5. The number of nitrogens with one attached hydrogen (secondary N) is 1. The fourth-order valence-corrected chi connectivity index (χ4v) is 2.97. The van der Waals surface area contributed by atoms with Crippen LogP contribution in [0.2, 0.25) is 0 Å². The summed E-state index contributed by atoms with van der Waals surface area (Å²) in [5, 5.41) is 12.0. The number of aliphatic carboxylic acids is 1. The zero-order chi connectivity index (χ0) is 18.0. The molecule has 0 spiro atoms. The molecule has 0 bridgehead atoms. The summed E-state index contributed by atoms with van der Waals surface area (Å²) in [7, 11) is 1.63. The lowest BCUT2D eigenvalue weighted by Crippen LogP contribution is -2.15. The zero-order valence-electron chi connectivity index (χ0n) is 14.2. The van der Waals surface area contributed by atoms with E-state index in [-0.39, 0.29) is 17.7 Å². The summed E-state index contributed by atoms with van der Waals surface area (Å²) in [6, 6.07) is 14.8. The van der Waals surface area contributed by atoms with Gasteiger partial charge in [-0.05, 0) is 54.7 Å². The SMILES string of the molecule is COc1ccc([C@@H]2C[C@H]2C(=O)Nc2cccc(C(C)C(=O)O)c2)cc1. The Morgan fingerprint density at radius 3 is 2.56 bits per heavy atom. The Kier molecular flexibility index (Phi) is 4.74. The van der Waals surface area contributed by atoms with E-state index in [9.17, 15) is 9.59 Å². The van der Waals surface area contributed by atoms with Crippen LogP contribution in [0.1, 0.15) is 36.3 Å². The highest BCUT2D eigenvalue weighted by Gasteiger charge is 2.43. The second-order valence-electron chi connectivity index (χ2n) is 6.40. The van der Waals surface area contributed by atoms with Crippen molar-refractivity contribution in [1.82, 2.24) is 0 Å². The van der Waals surface area contributed by atoms with Gasteiger partial charge in [0.15, 0.2) is 0 Å². The Labute approximate surface area is 146 Å². The molecule has 1 saturated carbocycles. The minimum Gasteiger partial charge on any atom is -0.497 e. The van der Waals surface area contributed by atoms with E-state index < -0.39 is 11.9 Å². The van der Waals surface area contributed by atoms with Gasteiger partial charge in [0.05, 0.1) is 13.0 Å². The molecule has 0 aliphatic heterocycles. The normalized spacial score (nSPS) is 19.8. The maximum Gasteiger partial charge on any atom is 0.310 e. The van der Waals surface area contributed by atoms with Crippen LogP contribution < -0.4 is 10.1 Å². The Hall–Kier alpha value is -2.82. The van der Waals surface area contributed by atoms with Gasteiger partial charge in [-0.25, -0.2) is 0 Å². The molecule has 0 aromatic heterocycles. The van der Waals surface area contributed by atoms with Crippen molar-refractivity contribution in [3.8, 4) is 5.75 Å². The van der Waals surface area contributed by atoms with E-state index in [0.717, 1.165) is 17.7 Å². The molecule has 25 heavy (non-hydrogen) atoms. The van der Waals surface area contributed by atoms with Crippen LogP contribution in [0, 0.1) is 5.92 Å². The minimum atomic E-state index is -0.884. The predicted octanol–water partition coefficient (Wildman–Crippen LogP) is 3.63. The summed E-state index contributed by atoms with van der Waals surface area (Å²) in [4.78, 5) is 23.5. The van der Waals surface area contributed by atoms with E-state index in [0.29, 0.717) is 11.3 Å². The topological polar surface area (TPSA) is 75.6 Å². The van der Waals surface area contributed by atoms with Crippen molar-refractivity contribution in [2.24, 2.45) is 5.92 Å². The fourth-order valence-electron chi connectivity index (χ4n) is 2.97. The Bertz CT molecular complexity index is 785. The summed E-state index contributed by atoms with van der Waals surface area (Å²) < 4.78 is 5.15. The van der Waals surface area contributed by atoms with E-state index in [1.807, 2.05) is 24.3 Å². The van der Waals surface area contributed by atoms with Gasteiger partial charge in [0, 0.05) is 11.6 Å². The number of carbonyl (C=O) groups is 2. The van der Waals surface area contributed by atoms with Gasteiger partial charge < -0.3 is 15.2 Å². The number of carboxylic acid groups (broad SMARTS) is 1. The average Bonchev–Trinajstić information content (AvgIpc) is 3.42. The molecule has 5 nitrogen and oxygen atoms in total. The predicted molar refractivity (Wildman–Crippen MR) is 95.0 cm³/mol. The number of anilines is 1. The van der Waals surface area contributed by atoms with Crippen molar-refractivity contribution in [1.29, 1.82) is 0 Å². The molecule has 3 atom stereocenters. The average molecular weight is 339 g/mol. The van der Waals surface area contributed by atoms with E-state index in [1.165, 1.54) is 0 Å². The van der Waals surface area contributed by atoms with E-state index in [2.05, 4.69) is 5.32 Å². The highest BCUT2D eigenvalue weighted by Crippen LogP contribution is 2.48. The first kappa shape index (κ1) is 17.0. The van der Waals surface area contributed by atoms with Gasteiger partial charge >= 0.3 is 5.97 Å². The fraction of sp³-hybridized carbons (Fsp3) is 0.300. The lowest BCUT2D eigenvalue weighted by atomic mass is 10.0. The van der Waals surface area contributed by atoms with Crippen molar-refractivity contribution in [2.75, 3.05) is 12.4 Å². The molecule has 1 unspecified atom stereocenters. The van der Waals surface area contributed by atoms with Gasteiger partial charge in [-0.1, -0.05) is 24.3 Å². The third kappa shape index (κ3) is 3.82. The monoisotopic (exact) mass is 339 g/mol. The molecule has 3 rings (SSSR count). The Morgan fingerprint density at radius 1 is 1.20 bits per heavy atom. The van der Waals surface area contributed by atoms with Crippen molar-refractivity contribution < 1.29 is 19.4 Å². The summed E-state index contributed by atoms with van der Waals surface area (Å²) in [6.45, 7) is 1.63. The lowest BCUT2D eigenvalue weighted by molar-refractivity contribution is -0.138. The largest absolute Gasteiger partial charge is 0.497 e. The molecule has 1 amide bonds. The van der Waals surface area contributed by atoms with Crippen molar-refractivity contribution >= 4 is 17.6 Å². The van der Waals surface area contributed by atoms with Gasteiger partial charge in [-0.3, -0.25) is 9.59 Å². The van der Waals surface area contributed by atoms with Crippen LogP contribution in [0.5, 0.6) is 5.75 Å². The molecule has 5 heteroatoms. The molecule has 2 aromatic carbocycles. The number of ether oxygens (including phenoxy) is 1. The first-order valence-electron chi connectivity index (χ1n) is 8.27. The first-order valence-corrected chi connectivity index (χ1v) is 8.27. The minimum absolute atomic E-state index is 0.0269. The molecule has 130 valence electrons. The Morgan fingerprint density at radius 2 is 1.92 bits per heavy atom. The molecular weight excluding hydrogens is 318 g/mol. The summed E-state index contributed by atoms with van der Waals surface area (Å²) in [5.41, 5.74) is 2.44. The van der Waals surface area contributed by atoms with Crippen LogP contribution in [-0.4, -0.2) is 24.1 Å². The molecular formula is C20H21NO4. The second-order valence-corrected chi connectivity index (χ2v) is 6.40. The van der Waals surface area contributed by atoms with Crippen molar-refractivity contribution in [2.45, 2.75) is 25.2 Å². The van der Waals surface area contributed by atoms with Crippen molar-refractivity contribution in [3.05, 3.63) is 59.7 Å². The highest BCUT2D eigenvalue weighted by molar-refractivity contribution is 5.95. The molecule has 0 radical (unpaired) electrons. The van der Waals surface area contributed by atoms with Crippen molar-refractivity contribution in [3.63, 3.8) is 0 Å². The third-order valence-corrected chi connectivity index (χ3v) is 4.70. The van der Waals surface area contributed by atoms with Gasteiger partial charge in [0.25, 0.3) is 0 Å². The molecule has 2 N–H and O–H groups in total. The molecule has 1 fully saturated rings.